The average molecular weight is 133 g/mol. The van der Waals surface area contributed by atoms with E-state index in [1.807, 2.05) is 4.90 Å². The lowest BCUT2D eigenvalue weighted by Gasteiger charge is -2.25. The number of hydrogen-bond donors (Lipinski definition) is 1. The highest BCUT2D eigenvalue weighted by atomic mass is 19.1. The van der Waals surface area contributed by atoms with Crippen LogP contribution in [0.25, 0.3) is 0 Å². The summed E-state index contributed by atoms with van der Waals surface area (Å²) in [6.07, 6.45) is 0.536. The number of rotatable bonds is 1. The Hall–Kier alpha value is -0.150. The minimum absolute atomic E-state index is 0.0761. The molecule has 1 N–H and O–H groups in total. The number of halogens is 1. The summed E-state index contributed by atoms with van der Waals surface area (Å²) >= 11 is 0. The van der Waals surface area contributed by atoms with Gasteiger partial charge >= 0.3 is 0 Å². The van der Waals surface area contributed by atoms with Gasteiger partial charge < -0.3 is 5.11 Å². The molecule has 0 bridgehead atoms. The summed E-state index contributed by atoms with van der Waals surface area (Å²) in [5.74, 6) is 0. The molecule has 0 aromatic rings. The van der Waals surface area contributed by atoms with E-state index in [0.717, 1.165) is 0 Å². The summed E-state index contributed by atoms with van der Waals surface area (Å²) in [5.41, 5.74) is 0. The first-order chi connectivity index (χ1) is 4.33. The fraction of sp³-hybridized carbons (Fsp3) is 1.00. The third-order valence-corrected chi connectivity index (χ3v) is 1.72. The lowest BCUT2D eigenvalue weighted by Crippen LogP contribution is -2.34. The molecule has 1 aliphatic heterocycles. The molecule has 0 unspecified atom stereocenters. The number of hydrogen-bond acceptors (Lipinski definition) is 2. The van der Waals surface area contributed by atoms with Gasteiger partial charge in [0.1, 0.15) is 6.17 Å². The van der Waals surface area contributed by atoms with Crippen LogP contribution in [0.5, 0.6) is 0 Å². The number of aliphatic hydroxyl groups excluding tert-OH is 1. The largest absolute Gasteiger partial charge is 0.381 e. The minimum atomic E-state index is -0.632. The third-order valence-electron chi connectivity index (χ3n) is 1.72. The zero-order valence-electron chi connectivity index (χ0n) is 5.39. The van der Waals surface area contributed by atoms with E-state index in [-0.39, 0.29) is 6.73 Å². The number of piperidine rings is 1. The van der Waals surface area contributed by atoms with E-state index in [0.29, 0.717) is 25.9 Å². The number of likely N-dealkylation sites (tertiary alicyclic amines) is 1. The summed E-state index contributed by atoms with van der Waals surface area (Å²) in [7, 11) is 0. The molecule has 0 saturated carbocycles. The van der Waals surface area contributed by atoms with E-state index in [1.165, 1.54) is 0 Å². The van der Waals surface area contributed by atoms with Crippen molar-refractivity contribution in [2.75, 3.05) is 19.8 Å². The van der Waals surface area contributed by atoms with E-state index < -0.39 is 6.17 Å². The van der Waals surface area contributed by atoms with Gasteiger partial charge in [-0.2, -0.15) is 0 Å². The van der Waals surface area contributed by atoms with E-state index >= 15 is 0 Å². The molecular formula is C6H12FNO. The Morgan fingerprint density at radius 2 is 2.00 bits per heavy atom. The molecule has 1 fully saturated rings. The van der Waals surface area contributed by atoms with Crippen LogP contribution in [0, 0.1) is 0 Å². The molecule has 0 aromatic carbocycles. The van der Waals surface area contributed by atoms with Crippen LogP contribution in [0.4, 0.5) is 4.39 Å². The molecule has 1 aliphatic rings. The van der Waals surface area contributed by atoms with Gasteiger partial charge in [-0.25, -0.2) is 4.39 Å². The second-order valence-electron chi connectivity index (χ2n) is 2.43. The number of alkyl halides is 1. The van der Waals surface area contributed by atoms with Crippen molar-refractivity contribution in [2.24, 2.45) is 0 Å². The van der Waals surface area contributed by atoms with Crippen molar-refractivity contribution < 1.29 is 9.50 Å². The van der Waals surface area contributed by atoms with Crippen LogP contribution in [0.2, 0.25) is 0 Å². The van der Waals surface area contributed by atoms with Gasteiger partial charge in [-0.05, 0) is 12.8 Å². The quantitative estimate of drug-likeness (QED) is 0.558. The van der Waals surface area contributed by atoms with Crippen LogP contribution in [0.3, 0.4) is 0 Å². The van der Waals surface area contributed by atoms with Gasteiger partial charge in [-0.3, -0.25) is 4.90 Å². The van der Waals surface area contributed by atoms with E-state index in [2.05, 4.69) is 0 Å². The standard InChI is InChI=1S/C6H12FNO/c7-6-1-3-8(5-9)4-2-6/h6,9H,1-5H2. The van der Waals surface area contributed by atoms with Crippen molar-refractivity contribution in [3.63, 3.8) is 0 Å². The van der Waals surface area contributed by atoms with Gasteiger partial charge in [0, 0.05) is 13.1 Å². The third kappa shape index (κ3) is 1.91. The van der Waals surface area contributed by atoms with Crippen LogP contribution >= 0.6 is 0 Å². The topological polar surface area (TPSA) is 23.5 Å². The SMILES string of the molecule is OCN1CCC(F)CC1. The molecule has 1 rings (SSSR count). The summed E-state index contributed by atoms with van der Waals surface area (Å²) < 4.78 is 12.4. The van der Waals surface area contributed by atoms with Gasteiger partial charge in [0.25, 0.3) is 0 Å². The average Bonchev–Trinajstić information content (AvgIpc) is 1.90. The highest BCUT2D eigenvalue weighted by molar-refractivity contribution is 4.68. The zero-order chi connectivity index (χ0) is 6.69. The van der Waals surface area contributed by atoms with E-state index in [4.69, 9.17) is 5.11 Å². The summed E-state index contributed by atoms with van der Waals surface area (Å²) in [6, 6.07) is 0. The van der Waals surface area contributed by atoms with Gasteiger partial charge in [-0.15, -0.1) is 0 Å². The normalized spacial score (nSPS) is 24.7. The van der Waals surface area contributed by atoms with Crippen LogP contribution in [-0.2, 0) is 0 Å². The molecule has 0 aliphatic carbocycles. The van der Waals surface area contributed by atoms with Gasteiger partial charge in [0.05, 0.1) is 6.73 Å². The Morgan fingerprint density at radius 3 is 2.44 bits per heavy atom. The summed E-state index contributed by atoms with van der Waals surface area (Å²) in [6.45, 7) is 1.49. The zero-order valence-corrected chi connectivity index (χ0v) is 5.39. The van der Waals surface area contributed by atoms with Crippen molar-refractivity contribution >= 4 is 0 Å². The van der Waals surface area contributed by atoms with Gasteiger partial charge in [0.2, 0.25) is 0 Å². The van der Waals surface area contributed by atoms with Gasteiger partial charge in [-0.1, -0.05) is 0 Å². The molecule has 1 heterocycles. The Balaban J connectivity index is 2.18. The van der Waals surface area contributed by atoms with Crippen LogP contribution in [0.1, 0.15) is 12.8 Å². The second kappa shape index (κ2) is 3.13. The lowest BCUT2D eigenvalue weighted by molar-refractivity contribution is 0.0637. The molecule has 0 spiro atoms. The Kier molecular flexibility index (Phi) is 2.42. The molecule has 0 atom stereocenters. The Morgan fingerprint density at radius 1 is 1.44 bits per heavy atom. The van der Waals surface area contributed by atoms with Crippen molar-refractivity contribution in [2.45, 2.75) is 19.0 Å². The number of aliphatic hydroxyl groups is 1. The molecular weight excluding hydrogens is 121 g/mol. The fourth-order valence-electron chi connectivity index (χ4n) is 1.04. The first-order valence-electron chi connectivity index (χ1n) is 3.30. The lowest BCUT2D eigenvalue weighted by atomic mass is 10.1. The summed E-state index contributed by atoms with van der Waals surface area (Å²) in [4.78, 5) is 1.84. The maximum atomic E-state index is 12.4. The Labute approximate surface area is 54.3 Å². The fourth-order valence-corrected chi connectivity index (χ4v) is 1.04. The summed E-state index contributed by atoms with van der Waals surface area (Å²) in [5, 5.41) is 8.58. The smallest absolute Gasteiger partial charge is 0.103 e. The van der Waals surface area contributed by atoms with Crippen molar-refractivity contribution in [3.8, 4) is 0 Å². The van der Waals surface area contributed by atoms with E-state index in [9.17, 15) is 4.39 Å². The molecule has 0 radical (unpaired) electrons. The minimum Gasteiger partial charge on any atom is -0.381 e. The van der Waals surface area contributed by atoms with Crippen molar-refractivity contribution in [3.05, 3.63) is 0 Å². The monoisotopic (exact) mass is 133 g/mol. The molecule has 0 aromatic heterocycles. The first-order valence-corrected chi connectivity index (χ1v) is 3.30. The predicted octanol–water partition coefficient (Wildman–Crippen LogP) is 0.370. The molecule has 2 nitrogen and oxygen atoms in total. The maximum absolute atomic E-state index is 12.4. The van der Waals surface area contributed by atoms with E-state index in [1.54, 1.807) is 0 Å². The van der Waals surface area contributed by atoms with Crippen molar-refractivity contribution in [1.82, 2.24) is 4.90 Å². The van der Waals surface area contributed by atoms with Crippen LogP contribution in [0.15, 0.2) is 0 Å². The van der Waals surface area contributed by atoms with Gasteiger partial charge in [0.15, 0.2) is 0 Å². The molecule has 54 valence electrons. The number of nitrogens with zero attached hydrogens (tertiary/aromatic N) is 1. The van der Waals surface area contributed by atoms with Crippen molar-refractivity contribution in [1.29, 1.82) is 0 Å². The second-order valence-corrected chi connectivity index (χ2v) is 2.43. The maximum Gasteiger partial charge on any atom is 0.103 e. The highest BCUT2D eigenvalue weighted by Crippen LogP contribution is 2.11. The highest BCUT2D eigenvalue weighted by Gasteiger charge is 2.16. The molecule has 9 heavy (non-hydrogen) atoms. The molecule has 3 heteroatoms. The van der Waals surface area contributed by atoms with Crippen LogP contribution in [-0.4, -0.2) is 36.0 Å². The molecule has 0 amide bonds. The Bertz CT molecular complexity index is 81.1. The molecule has 1 saturated heterocycles. The van der Waals surface area contributed by atoms with Crippen LogP contribution < -0.4 is 0 Å². The predicted molar refractivity (Wildman–Crippen MR) is 32.8 cm³/mol. The first kappa shape index (κ1) is 6.96.